The first kappa shape index (κ1) is 27.2. The lowest BCUT2D eigenvalue weighted by atomic mass is 10.0. The van der Waals surface area contributed by atoms with Crippen LogP contribution >= 0.6 is 0 Å². The zero-order valence-electron chi connectivity index (χ0n) is 21.3. The van der Waals surface area contributed by atoms with Crippen LogP contribution < -0.4 is 4.57 Å². The van der Waals surface area contributed by atoms with Gasteiger partial charge in [-0.1, -0.05) is 110 Å². The van der Waals surface area contributed by atoms with Gasteiger partial charge in [0.1, 0.15) is 12.4 Å². The van der Waals surface area contributed by atoms with Crippen molar-refractivity contribution >= 4 is 0 Å². The van der Waals surface area contributed by atoms with E-state index >= 15 is 0 Å². The maximum atomic E-state index is 2.55. The van der Waals surface area contributed by atoms with E-state index in [2.05, 4.69) is 49.2 Å². The predicted molar refractivity (Wildman–Crippen MR) is 133 cm³/mol. The number of hydrogen-bond donors (Lipinski definition) is 0. The summed E-state index contributed by atoms with van der Waals surface area (Å²) in [6, 6.07) is 0.573. The zero-order chi connectivity index (χ0) is 21.9. The summed E-state index contributed by atoms with van der Waals surface area (Å²) in [7, 11) is 0. The predicted octanol–water partition coefficient (Wildman–Crippen LogP) is 8.96. The Morgan fingerprint density at radius 3 is 1.53 bits per heavy atom. The van der Waals surface area contributed by atoms with Crippen molar-refractivity contribution < 1.29 is 4.57 Å². The molecule has 0 amide bonds. The summed E-state index contributed by atoms with van der Waals surface area (Å²) in [6.45, 7) is 10.4. The summed E-state index contributed by atoms with van der Waals surface area (Å²) in [5.41, 5.74) is 0. The van der Waals surface area contributed by atoms with Gasteiger partial charge >= 0.3 is 0 Å². The van der Waals surface area contributed by atoms with Crippen molar-refractivity contribution in [3.63, 3.8) is 0 Å². The Labute approximate surface area is 189 Å². The molecule has 1 heterocycles. The third-order valence-electron chi connectivity index (χ3n) is 6.60. The van der Waals surface area contributed by atoms with Gasteiger partial charge in [-0.2, -0.15) is 0 Å². The molecule has 30 heavy (non-hydrogen) atoms. The Kier molecular flexibility index (Phi) is 17.2. The Morgan fingerprint density at radius 2 is 1.07 bits per heavy atom. The first-order valence-electron chi connectivity index (χ1n) is 13.8. The first-order chi connectivity index (χ1) is 14.7. The number of imidazole rings is 1. The Morgan fingerprint density at radius 1 is 0.633 bits per heavy atom. The molecular formula is C28H55N2+. The van der Waals surface area contributed by atoms with Gasteiger partial charge < -0.3 is 0 Å². The van der Waals surface area contributed by atoms with E-state index in [9.17, 15) is 0 Å². The fourth-order valence-electron chi connectivity index (χ4n) is 4.61. The molecule has 0 spiro atoms. The second kappa shape index (κ2) is 18.9. The monoisotopic (exact) mass is 419 g/mol. The lowest BCUT2D eigenvalue weighted by Gasteiger charge is -2.08. The fraction of sp³-hybridized carbons (Fsp3) is 0.893. The van der Waals surface area contributed by atoms with Gasteiger partial charge in [-0.05, 0) is 33.1 Å². The van der Waals surface area contributed by atoms with Crippen LogP contribution in [-0.4, -0.2) is 4.57 Å². The standard InChI is InChI=1S/C28H55N2/c1-5-7-9-11-12-13-14-15-16-17-18-20-22-24-29-25-26-30(27(3)4)28(29)23-21-19-10-8-6-2/h25-27H,5-24H2,1-4H3/q+1. The lowest BCUT2D eigenvalue weighted by Crippen LogP contribution is -2.37. The van der Waals surface area contributed by atoms with E-state index in [0.29, 0.717) is 6.04 Å². The van der Waals surface area contributed by atoms with Gasteiger partial charge in [-0.3, -0.25) is 0 Å². The van der Waals surface area contributed by atoms with Crippen molar-refractivity contribution in [1.82, 2.24) is 4.57 Å². The van der Waals surface area contributed by atoms with E-state index in [-0.39, 0.29) is 0 Å². The summed E-state index contributed by atoms with van der Waals surface area (Å²) >= 11 is 0. The van der Waals surface area contributed by atoms with E-state index in [1.807, 2.05) is 0 Å². The van der Waals surface area contributed by atoms with Crippen molar-refractivity contribution in [2.45, 2.75) is 162 Å². The average Bonchev–Trinajstić information content (AvgIpc) is 3.14. The third kappa shape index (κ3) is 12.8. The van der Waals surface area contributed by atoms with E-state index in [0.717, 1.165) is 0 Å². The average molecular weight is 420 g/mol. The van der Waals surface area contributed by atoms with Crippen LogP contribution in [0.1, 0.15) is 155 Å². The highest BCUT2D eigenvalue weighted by atomic mass is 15.2. The van der Waals surface area contributed by atoms with Gasteiger partial charge in [0, 0.05) is 6.42 Å². The first-order valence-corrected chi connectivity index (χ1v) is 13.8. The summed E-state index contributed by atoms with van der Waals surface area (Å²) in [6.07, 6.45) is 31.4. The van der Waals surface area contributed by atoms with Gasteiger partial charge in [0.25, 0.3) is 5.82 Å². The summed E-state index contributed by atoms with van der Waals surface area (Å²) in [4.78, 5) is 0. The minimum Gasteiger partial charge on any atom is -0.234 e. The highest BCUT2D eigenvalue weighted by molar-refractivity contribution is 4.86. The topological polar surface area (TPSA) is 8.81 Å². The molecule has 0 unspecified atom stereocenters. The van der Waals surface area contributed by atoms with Crippen LogP contribution in [0.2, 0.25) is 0 Å². The van der Waals surface area contributed by atoms with Gasteiger partial charge in [0.2, 0.25) is 0 Å². The van der Waals surface area contributed by atoms with E-state index < -0.39 is 0 Å². The van der Waals surface area contributed by atoms with Crippen molar-refractivity contribution in [2.75, 3.05) is 0 Å². The number of rotatable bonds is 21. The molecule has 0 atom stereocenters. The molecule has 0 aliphatic heterocycles. The smallest absolute Gasteiger partial charge is 0.234 e. The molecule has 0 saturated heterocycles. The second-order valence-corrected chi connectivity index (χ2v) is 9.82. The molecule has 2 nitrogen and oxygen atoms in total. The third-order valence-corrected chi connectivity index (χ3v) is 6.60. The van der Waals surface area contributed by atoms with Gasteiger partial charge in [0.05, 0.1) is 12.6 Å². The van der Waals surface area contributed by atoms with Crippen LogP contribution in [0.3, 0.4) is 0 Å². The van der Waals surface area contributed by atoms with Crippen molar-refractivity contribution in [2.24, 2.45) is 0 Å². The molecule has 176 valence electrons. The van der Waals surface area contributed by atoms with Crippen molar-refractivity contribution in [1.29, 1.82) is 0 Å². The molecule has 0 bridgehead atoms. The van der Waals surface area contributed by atoms with Crippen LogP contribution in [0.4, 0.5) is 0 Å². The fourth-order valence-corrected chi connectivity index (χ4v) is 4.61. The van der Waals surface area contributed by atoms with Crippen LogP contribution in [0.25, 0.3) is 0 Å². The highest BCUT2D eigenvalue weighted by Gasteiger charge is 2.18. The minimum atomic E-state index is 0.573. The minimum absolute atomic E-state index is 0.573. The molecule has 0 fully saturated rings. The van der Waals surface area contributed by atoms with Crippen LogP contribution in [0.5, 0.6) is 0 Å². The Hall–Kier alpha value is -0.790. The lowest BCUT2D eigenvalue weighted by molar-refractivity contribution is -0.704. The number of aryl methyl sites for hydroxylation is 1. The molecule has 2 heteroatoms. The maximum absolute atomic E-state index is 2.55. The van der Waals surface area contributed by atoms with E-state index in [1.54, 1.807) is 5.82 Å². The quantitative estimate of drug-likeness (QED) is 0.139. The van der Waals surface area contributed by atoms with Crippen LogP contribution in [0, 0.1) is 0 Å². The summed E-state index contributed by atoms with van der Waals surface area (Å²) < 4.78 is 5.06. The normalized spacial score (nSPS) is 11.6. The molecule has 1 aromatic heterocycles. The summed E-state index contributed by atoms with van der Waals surface area (Å²) in [5, 5.41) is 0. The highest BCUT2D eigenvalue weighted by Crippen LogP contribution is 2.14. The number of nitrogens with zero attached hydrogens (tertiary/aromatic N) is 2. The van der Waals surface area contributed by atoms with Gasteiger partial charge in [-0.25, -0.2) is 9.13 Å². The molecule has 0 aliphatic rings. The molecule has 0 N–H and O–H groups in total. The number of unbranched alkanes of at least 4 members (excludes halogenated alkanes) is 16. The van der Waals surface area contributed by atoms with E-state index in [4.69, 9.17) is 0 Å². The largest absolute Gasteiger partial charge is 0.256 e. The Balaban J connectivity index is 2.13. The van der Waals surface area contributed by atoms with Crippen molar-refractivity contribution in [3.8, 4) is 0 Å². The Bertz CT molecular complexity index is 489. The van der Waals surface area contributed by atoms with Crippen molar-refractivity contribution in [3.05, 3.63) is 18.2 Å². The molecule has 1 aromatic rings. The molecule has 0 aliphatic carbocycles. The molecule has 0 aromatic carbocycles. The van der Waals surface area contributed by atoms with E-state index in [1.165, 1.54) is 129 Å². The number of aromatic nitrogens is 2. The molecular weight excluding hydrogens is 364 g/mol. The van der Waals surface area contributed by atoms with Gasteiger partial charge in [0.15, 0.2) is 0 Å². The molecule has 0 radical (unpaired) electrons. The second-order valence-electron chi connectivity index (χ2n) is 9.82. The number of hydrogen-bond acceptors (Lipinski definition) is 0. The van der Waals surface area contributed by atoms with Gasteiger partial charge in [-0.15, -0.1) is 0 Å². The summed E-state index contributed by atoms with van der Waals surface area (Å²) in [5.74, 6) is 1.56. The maximum Gasteiger partial charge on any atom is 0.256 e. The SMILES string of the molecule is CCCCCCCCCCCCCCC[n+]1ccn(C(C)C)c1CCCCCCC. The van der Waals surface area contributed by atoms with Crippen LogP contribution in [-0.2, 0) is 13.0 Å². The molecule has 0 saturated carbocycles. The zero-order valence-corrected chi connectivity index (χ0v) is 21.3. The van der Waals surface area contributed by atoms with Crippen LogP contribution in [0.15, 0.2) is 12.4 Å². The molecule has 1 rings (SSSR count).